The van der Waals surface area contributed by atoms with Gasteiger partial charge in [0.05, 0.1) is 16.9 Å². The third-order valence-corrected chi connectivity index (χ3v) is 8.12. The molecule has 2 aromatic rings. The molecular formula is C25H32N2O5S. The molecule has 1 N–H and O–H groups in total. The molecule has 2 atom stereocenters. The third kappa shape index (κ3) is 6.00. The maximum Gasteiger partial charge on any atom is 0.309 e. The predicted molar refractivity (Wildman–Crippen MR) is 126 cm³/mol. The molecule has 1 aliphatic heterocycles. The first-order valence-corrected chi connectivity index (χ1v) is 12.7. The van der Waals surface area contributed by atoms with Crippen molar-refractivity contribution in [2.75, 3.05) is 13.1 Å². The van der Waals surface area contributed by atoms with Crippen LogP contribution in [0.4, 0.5) is 0 Å². The fourth-order valence-corrected chi connectivity index (χ4v) is 5.39. The highest BCUT2D eigenvalue weighted by atomic mass is 32.2. The highest BCUT2D eigenvalue weighted by molar-refractivity contribution is 7.89. The van der Waals surface area contributed by atoms with Gasteiger partial charge in [-0.15, -0.1) is 0 Å². The van der Waals surface area contributed by atoms with Crippen LogP contribution in [-0.4, -0.2) is 43.8 Å². The number of aryl methyl sites for hydroxylation is 2. The summed E-state index contributed by atoms with van der Waals surface area (Å²) in [7, 11) is -3.61. The molecule has 1 amide bonds. The van der Waals surface area contributed by atoms with Crippen molar-refractivity contribution in [1.29, 1.82) is 0 Å². The van der Waals surface area contributed by atoms with Gasteiger partial charge in [-0.05, 0) is 69.4 Å². The van der Waals surface area contributed by atoms with Gasteiger partial charge in [0, 0.05) is 13.1 Å². The zero-order valence-corrected chi connectivity index (χ0v) is 20.4. The topological polar surface area (TPSA) is 92.8 Å². The number of hydrogen-bond acceptors (Lipinski definition) is 5. The van der Waals surface area contributed by atoms with Crippen LogP contribution in [-0.2, 0) is 24.3 Å². The maximum absolute atomic E-state index is 13.0. The number of hydrogen-bond donors (Lipinski definition) is 1. The summed E-state index contributed by atoms with van der Waals surface area (Å²) in [6.07, 6.45) is -0.212. The molecule has 0 spiro atoms. The molecule has 178 valence electrons. The molecular weight excluding hydrogens is 440 g/mol. The van der Waals surface area contributed by atoms with Crippen molar-refractivity contribution in [1.82, 2.24) is 9.62 Å². The van der Waals surface area contributed by atoms with Crippen LogP contribution in [0.3, 0.4) is 0 Å². The van der Waals surface area contributed by atoms with Crippen LogP contribution in [0.1, 0.15) is 49.4 Å². The van der Waals surface area contributed by atoms with Gasteiger partial charge in [-0.25, -0.2) is 8.42 Å². The molecule has 1 saturated heterocycles. The summed E-state index contributed by atoms with van der Waals surface area (Å²) in [5, 5.41) is 2.85. The summed E-state index contributed by atoms with van der Waals surface area (Å²) < 4.78 is 32.8. The zero-order chi connectivity index (χ0) is 24.2. The summed E-state index contributed by atoms with van der Waals surface area (Å²) in [5.41, 5.74) is 2.91. The minimum Gasteiger partial charge on any atom is -0.452 e. The minimum absolute atomic E-state index is 0.210. The Labute approximate surface area is 196 Å². The summed E-state index contributed by atoms with van der Waals surface area (Å²) in [5.74, 6) is -1.26. The molecule has 0 aromatic heterocycles. The Morgan fingerprint density at radius 3 is 2.24 bits per heavy atom. The number of esters is 1. The minimum atomic E-state index is -3.61. The molecule has 0 aliphatic carbocycles. The van der Waals surface area contributed by atoms with Crippen LogP contribution in [0, 0.1) is 19.8 Å². The van der Waals surface area contributed by atoms with Gasteiger partial charge in [0.1, 0.15) is 0 Å². The lowest BCUT2D eigenvalue weighted by atomic mass is 9.98. The summed E-state index contributed by atoms with van der Waals surface area (Å²) in [6, 6.07) is 14.4. The van der Waals surface area contributed by atoms with Crippen molar-refractivity contribution in [3.05, 3.63) is 65.2 Å². The Kier molecular flexibility index (Phi) is 7.92. The molecule has 0 saturated carbocycles. The number of carbonyl (C=O) groups is 2. The van der Waals surface area contributed by atoms with Crippen LogP contribution in [0.15, 0.2) is 53.4 Å². The molecule has 33 heavy (non-hydrogen) atoms. The Morgan fingerprint density at radius 1 is 1.00 bits per heavy atom. The largest absolute Gasteiger partial charge is 0.452 e. The molecule has 0 bridgehead atoms. The zero-order valence-electron chi connectivity index (χ0n) is 19.6. The number of ether oxygens (including phenoxy) is 1. The average molecular weight is 473 g/mol. The van der Waals surface area contributed by atoms with Crippen molar-refractivity contribution in [3.8, 4) is 0 Å². The van der Waals surface area contributed by atoms with Crippen LogP contribution in [0.2, 0.25) is 0 Å². The first-order valence-electron chi connectivity index (χ1n) is 11.2. The second kappa shape index (κ2) is 10.5. The lowest BCUT2D eigenvalue weighted by Gasteiger charge is -2.30. The van der Waals surface area contributed by atoms with Crippen LogP contribution in [0.25, 0.3) is 0 Å². The normalized spacial score (nSPS) is 17.2. The van der Waals surface area contributed by atoms with E-state index >= 15 is 0 Å². The SMILES string of the molecule is Cc1ccc(S(=O)(=O)N2CCC(C(=O)OC(C)C(=O)NC(C)c3ccccc3)CC2)cc1C. The number of nitrogens with one attached hydrogen (secondary N) is 1. The lowest BCUT2D eigenvalue weighted by Crippen LogP contribution is -2.42. The molecule has 1 fully saturated rings. The van der Waals surface area contributed by atoms with Gasteiger partial charge in [-0.2, -0.15) is 4.31 Å². The average Bonchev–Trinajstić information content (AvgIpc) is 2.81. The Balaban J connectivity index is 1.52. The standard InChI is InChI=1S/C25H32N2O5S/c1-17-10-11-23(16-18(17)2)33(30,31)27-14-12-22(13-15-27)25(29)32-20(4)24(28)26-19(3)21-8-6-5-7-9-21/h5-11,16,19-20,22H,12-15H2,1-4H3,(H,26,28). The molecule has 7 nitrogen and oxygen atoms in total. The maximum atomic E-state index is 13.0. The van der Waals surface area contributed by atoms with Crippen molar-refractivity contribution in [2.24, 2.45) is 5.92 Å². The quantitative estimate of drug-likeness (QED) is 0.623. The van der Waals surface area contributed by atoms with Gasteiger partial charge in [0.2, 0.25) is 10.0 Å². The predicted octanol–water partition coefficient (Wildman–Crippen LogP) is 3.51. The second-order valence-electron chi connectivity index (χ2n) is 8.64. The summed E-state index contributed by atoms with van der Waals surface area (Å²) in [4.78, 5) is 25.3. The van der Waals surface area contributed by atoms with E-state index in [1.165, 1.54) is 4.31 Å². The number of piperidine rings is 1. The second-order valence-corrected chi connectivity index (χ2v) is 10.6. The van der Waals surface area contributed by atoms with Crippen molar-refractivity contribution in [3.63, 3.8) is 0 Å². The number of amides is 1. The number of carbonyl (C=O) groups excluding carboxylic acids is 2. The number of rotatable bonds is 7. The van der Waals surface area contributed by atoms with E-state index in [2.05, 4.69) is 5.32 Å². The smallest absolute Gasteiger partial charge is 0.309 e. The van der Waals surface area contributed by atoms with Crippen molar-refractivity contribution < 1.29 is 22.7 Å². The van der Waals surface area contributed by atoms with Gasteiger partial charge < -0.3 is 10.1 Å². The van der Waals surface area contributed by atoms with E-state index in [0.29, 0.717) is 12.8 Å². The number of sulfonamides is 1. The summed E-state index contributed by atoms with van der Waals surface area (Å²) >= 11 is 0. The van der Waals surface area contributed by atoms with Gasteiger partial charge in [-0.1, -0.05) is 36.4 Å². The van der Waals surface area contributed by atoms with Crippen LogP contribution in [0.5, 0.6) is 0 Å². The first kappa shape index (κ1) is 24.9. The monoisotopic (exact) mass is 472 g/mol. The van der Waals surface area contributed by atoms with E-state index in [-0.39, 0.29) is 29.9 Å². The van der Waals surface area contributed by atoms with E-state index in [9.17, 15) is 18.0 Å². The molecule has 3 rings (SSSR count). The van der Waals surface area contributed by atoms with Crippen LogP contribution < -0.4 is 5.32 Å². The van der Waals surface area contributed by atoms with E-state index in [0.717, 1.165) is 16.7 Å². The Bertz CT molecular complexity index is 1090. The van der Waals surface area contributed by atoms with Gasteiger partial charge in [0.25, 0.3) is 5.91 Å². The van der Waals surface area contributed by atoms with E-state index in [1.54, 1.807) is 25.1 Å². The van der Waals surface area contributed by atoms with E-state index < -0.39 is 28.0 Å². The molecule has 0 radical (unpaired) electrons. The molecule has 2 unspecified atom stereocenters. The summed E-state index contributed by atoms with van der Waals surface area (Å²) in [6.45, 7) is 7.71. The molecule has 1 aliphatic rings. The fourth-order valence-electron chi connectivity index (χ4n) is 3.84. The molecule has 2 aromatic carbocycles. The van der Waals surface area contributed by atoms with Gasteiger partial charge >= 0.3 is 5.97 Å². The van der Waals surface area contributed by atoms with E-state index in [4.69, 9.17) is 4.74 Å². The van der Waals surface area contributed by atoms with Crippen molar-refractivity contribution >= 4 is 21.9 Å². The first-order chi connectivity index (χ1) is 15.6. The Hall–Kier alpha value is -2.71. The lowest BCUT2D eigenvalue weighted by molar-refractivity contribution is -0.160. The Morgan fingerprint density at radius 2 is 1.64 bits per heavy atom. The van der Waals surface area contributed by atoms with Crippen LogP contribution >= 0.6 is 0 Å². The number of benzene rings is 2. The van der Waals surface area contributed by atoms with Gasteiger partial charge in [-0.3, -0.25) is 9.59 Å². The van der Waals surface area contributed by atoms with E-state index in [1.807, 2.05) is 51.1 Å². The molecule has 8 heteroatoms. The number of nitrogens with zero attached hydrogens (tertiary/aromatic N) is 1. The fraction of sp³-hybridized carbons (Fsp3) is 0.440. The third-order valence-electron chi connectivity index (χ3n) is 6.22. The van der Waals surface area contributed by atoms with Gasteiger partial charge in [0.15, 0.2) is 6.10 Å². The molecule has 1 heterocycles. The highest BCUT2D eigenvalue weighted by Gasteiger charge is 2.34. The highest BCUT2D eigenvalue weighted by Crippen LogP contribution is 2.26. The van der Waals surface area contributed by atoms with Crippen molar-refractivity contribution in [2.45, 2.75) is 57.6 Å².